The first kappa shape index (κ1) is 11.5. The summed E-state index contributed by atoms with van der Waals surface area (Å²) in [7, 11) is 0. The molecule has 1 unspecified atom stereocenters. The summed E-state index contributed by atoms with van der Waals surface area (Å²) in [5, 5.41) is 3.44. The number of nitrogens with zero attached hydrogens (tertiary/aromatic N) is 1. The van der Waals surface area contributed by atoms with E-state index in [2.05, 4.69) is 33.0 Å². The van der Waals surface area contributed by atoms with Crippen molar-refractivity contribution in [3.05, 3.63) is 0 Å². The summed E-state index contributed by atoms with van der Waals surface area (Å²) < 4.78 is 0. The van der Waals surface area contributed by atoms with Crippen molar-refractivity contribution in [2.75, 3.05) is 13.1 Å². The fourth-order valence-corrected chi connectivity index (χ4v) is 1.86. The molecule has 1 fully saturated rings. The Hall–Kier alpha value is -0.570. The third-order valence-corrected chi connectivity index (χ3v) is 2.76. The van der Waals surface area contributed by atoms with Crippen molar-refractivity contribution in [1.29, 1.82) is 0 Å². The van der Waals surface area contributed by atoms with Gasteiger partial charge in [0.2, 0.25) is 5.91 Å². The molecule has 1 N–H and O–H groups in total. The second-order valence-corrected chi connectivity index (χ2v) is 4.89. The third-order valence-electron chi connectivity index (χ3n) is 2.76. The molecule has 0 spiro atoms. The molecule has 14 heavy (non-hydrogen) atoms. The normalized spacial score (nSPS) is 26.3. The molecule has 1 aliphatic rings. The Labute approximate surface area is 86.9 Å². The van der Waals surface area contributed by atoms with Gasteiger partial charge in [-0.2, -0.15) is 0 Å². The molecule has 0 aromatic heterocycles. The Morgan fingerprint density at radius 1 is 1.57 bits per heavy atom. The van der Waals surface area contributed by atoms with Crippen LogP contribution in [-0.2, 0) is 4.79 Å². The zero-order valence-corrected chi connectivity index (χ0v) is 9.76. The molecular formula is C11H22N2O. The average Bonchev–Trinajstić information content (AvgIpc) is 2.10. The predicted molar refractivity (Wildman–Crippen MR) is 58.2 cm³/mol. The molecule has 1 aliphatic heterocycles. The van der Waals surface area contributed by atoms with E-state index in [0.717, 1.165) is 19.5 Å². The Balaban J connectivity index is 2.61. The zero-order valence-electron chi connectivity index (χ0n) is 9.76. The monoisotopic (exact) mass is 198 g/mol. The summed E-state index contributed by atoms with van der Waals surface area (Å²) in [4.78, 5) is 13.8. The van der Waals surface area contributed by atoms with E-state index < -0.39 is 0 Å². The van der Waals surface area contributed by atoms with Gasteiger partial charge in [0.15, 0.2) is 0 Å². The first-order valence-corrected chi connectivity index (χ1v) is 5.51. The molecule has 1 rings (SSSR count). The van der Waals surface area contributed by atoms with Crippen molar-refractivity contribution in [2.24, 2.45) is 0 Å². The van der Waals surface area contributed by atoms with Crippen molar-refractivity contribution in [1.82, 2.24) is 10.2 Å². The van der Waals surface area contributed by atoms with Crippen molar-refractivity contribution in [3.63, 3.8) is 0 Å². The van der Waals surface area contributed by atoms with Crippen LogP contribution in [0, 0.1) is 0 Å². The smallest absolute Gasteiger partial charge is 0.222 e. The molecule has 1 amide bonds. The third kappa shape index (κ3) is 2.71. The van der Waals surface area contributed by atoms with Crippen LogP contribution < -0.4 is 5.32 Å². The number of amides is 1. The lowest BCUT2D eigenvalue weighted by molar-refractivity contribution is -0.135. The maximum Gasteiger partial charge on any atom is 0.222 e. The number of rotatable bonds is 2. The maximum absolute atomic E-state index is 11.8. The van der Waals surface area contributed by atoms with E-state index in [0.29, 0.717) is 18.4 Å². The molecule has 0 saturated carbocycles. The molecule has 3 heteroatoms. The first-order valence-electron chi connectivity index (χ1n) is 5.51. The van der Waals surface area contributed by atoms with Gasteiger partial charge in [-0.15, -0.1) is 0 Å². The molecular weight excluding hydrogens is 176 g/mol. The zero-order chi connectivity index (χ0) is 10.8. The summed E-state index contributed by atoms with van der Waals surface area (Å²) in [6.45, 7) is 10.2. The molecule has 1 saturated heterocycles. The lowest BCUT2D eigenvalue weighted by atomic mass is 9.99. The van der Waals surface area contributed by atoms with Crippen molar-refractivity contribution in [3.8, 4) is 0 Å². The van der Waals surface area contributed by atoms with E-state index in [9.17, 15) is 4.79 Å². The van der Waals surface area contributed by atoms with E-state index in [4.69, 9.17) is 0 Å². The van der Waals surface area contributed by atoms with Gasteiger partial charge in [0.05, 0.1) is 0 Å². The van der Waals surface area contributed by atoms with Crippen molar-refractivity contribution >= 4 is 5.91 Å². The largest absolute Gasteiger partial charge is 0.337 e. The highest BCUT2D eigenvalue weighted by molar-refractivity contribution is 5.76. The van der Waals surface area contributed by atoms with Crippen LogP contribution in [-0.4, -0.2) is 35.5 Å². The van der Waals surface area contributed by atoms with Gasteiger partial charge in [0.25, 0.3) is 0 Å². The van der Waals surface area contributed by atoms with Crippen LogP contribution >= 0.6 is 0 Å². The van der Waals surface area contributed by atoms with Crippen LogP contribution in [0.25, 0.3) is 0 Å². The van der Waals surface area contributed by atoms with Crippen LogP contribution in [0.4, 0.5) is 0 Å². The average molecular weight is 198 g/mol. The molecule has 3 nitrogen and oxygen atoms in total. The molecule has 0 bridgehead atoms. The van der Waals surface area contributed by atoms with E-state index in [1.54, 1.807) is 0 Å². The number of carbonyl (C=O) groups excluding carboxylic acids is 1. The molecule has 1 atom stereocenters. The van der Waals surface area contributed by atoms with E-state index in [1.165, 1.54) is 0 Å². The van der Waals surface area contributed by atoms with Gasteiger partial charge in [-0.1, -0.05) is 6.92 Å². The van der Waals surface area contributed by atoms with Crippen molar-refractivity contribution in [2.45, 2.75) is 52.1 Å². The predicted octanol–water partition coefficient (Wildman–Crippen LogP) is 1.39. The molecule has 0 aliphatic carbocycles. The number of carbonyl (C=O) groups is 1. The Morgan fingerprint density at radius 2 is 2.21 bits per heavy atom. The molecule has 0 aromatic rings. The van der Waals surface area contributed by atoms with Crippen LogP contribution in [0.1, 0.15) is 40.5 Å². The van der Waals surface area contributed by atoms with E-state index >= 15 is 0 Å². The number of nitrogens with one attached hydrogen (secondary N) is 1. The molecule has 0 radical (unpaired) electrons. The van der Waals surface area contributed by atoms with Crippen LogP contribution in [0.3, 0.4) is 0 Å². The van der Waals surface area contributed by atoms with Gasteiger partial charge in [0.1, 0.15) is 0 Å². The van der Waals surface area contributed by atoms with Crippen LogP contribution in [0.5, 0.6) is 0 Å². The quantitative estimate of drug-likeness (QED) is 0.727. The van der Waals surface area contributed by atoms with Gasteiger partial charge >= 0.3 is 0 Å². The summed E-state index contributed by atoms with van der Waals surface area (Å²) >= 11 is 0. The highest BCUT2D eigenvalue weighted by Crippen LogP contribution is 2.16. The Kier molecular flexibility index (Phi) is 3.53. The molecule has 1 heterocycles. The van der Waals surface area contributed by atoms with Gasteiger partial charge < -0.3 is 10.2 Å². The lowest BCUT2D eigenvalue weighted by Crippen LogP contribution is -2.62. The second kappa shape index (κ2) is 4.30. The Bertz CT molecular complexity index is 213. The van der Waals surface area contributed by atoms with E-state index in [1.807, 2.05) is 4.90 Å². The van der Waals surface area contributed by atoms with Crippen molar-refractivity contribution < 1.29 is 4.79 Å². The van der Waals surface area contributed by atoms with Crippen LogP contribution in [0.15, 0.2) is 0 Å². The fourth-order valence-electron chi connectivity index (χ4n) is 1.86. The maximum atomic E-state index is 11.8. The number of hydrogen-bond donors (Lipinski definition) is 1. The Morgan fingerprint density at radius 3 is 2.79 bits per heavy atom. The van der Waals surface area contributed by atoms with Gasteiger partial charge in [-0.25, -0.2) is 0 Å². The summed E-state index contributed by atoms with van der Waals surface area (Å²) in [5.41, 5.74) is 0.0654. The minimum Gasteiger partial charge on any atom is -0.337 e. The summed E-state index contributed by atoms with van der Waals surface area (Å²) in [6, 6.07) is 0.335. The lowest BCUT2D eigenvalue weighted by Gasteiger charge is -2.43. The summed E-state index contributed by atoms with van der Waals surface area (Å²) in [5.74, 6) is 0.301. The first-order chi connectivity index (χ1) is 6.46. The highest BCUT2D eigenvalue weighted by atomic mass is 16.2. The van der Waals surface area contributed by atoms with Crippen LogP contribution in [0.2, 0.25) is 0 Å². The van der Waals surface area contributed by atoms with Gasteiger partial charge in [0, 0.05) is 31.1 Å². The topological polar surface area (TPSA) is 32.3 Å². The number of hydrogen-bond acceptors (Lipinski definition) is 2. The minimum atomic E-state index is 0.0654. The number of piperazine rings is 1. The standard InChI is InChI=1S/C11H22N2O/c1-5-6-10(14)13-8-11(3,4)12-7-9(13)2/h9,12H,5-8H2,1-4H3. The molecule has 82 valence electrons. The van der Waals surface area contributed by atoms with E-state index in [-0.39, 0.29) is 5.54 Å². The molecule has 0 aromatic carbocycles. The fraction of sp³-hybridized carbons (Fsp3) is 0.909. The van der Waals surface area contributed by atoms with Gasteiger partial charge in [-0.05, 0) is 27.2 Å². The minimum absolute atomic E-state index is 0.0654. The SMILES string of the molecule is CCCC(=O)N1CC(C)(C)NCC1C. The second-order valence-electron chi connectivity index (χ2n) is 4.89. The summed E-state index contributed by atoms with van der Waals surface area (Å²) in [6.07, 6.45) is 1.62. The highest BCUT2D eigenvalue weighted by Gasteiger charge is 2.32. The van der Waals surface area contributed by atoms with Gasteiger partial charge in [-0.3, -0.25) is 4.79 Å².